The molecule has 2 aromatic heterocycles. The van der Waals surface area contributed by atoms with Crippen LogP contribution >= 0.6 is 11.8 Å². The first kappa shape index (κ1) is 28.8. The average molecular weight is 545 g/mol. The Hall–Kier alpha value is -3.25. The minimum absolute atomic E-state index is 0.448. The first-order chi connectivity index (χ1) is 19.0. The molecular formula is C33H41FN4S. The lowest BCUT2D eigenvalue weighted by molar-refractivity contribution is 0.549. The molecule has 0 aliphatic carbocycles. The highest BCUT2D eigenvalue weighted by Gasteiger charge is 2.23. The van der Waals surface area contributed by atoms with Crippen LogP contribution in [0.1, 0.15) is 43.9 Å². The summed E-state index contributed by atoms with van der Waals surface area (Å²) in [5, 5.41) is 3.76. The summed E-state index contributed by atoms with van der Waals surface area (Å²) >= 11 is 1.82. The highest BCUT2D eigenvalue weighted by atomic mass is 32.2. The Morgan fingerprint density at radius 2 is 1.82 bits per heavy atom. The number of nitrogens with one attached hydrogen (secondary N) is 1. The number of anilines is 3. The van der Waals surface area contributed by atoms with Gasteiger partial charge < -0.3 is 14.8 Å². The lowest BCUT2D eigenvalue weighted by Gasteiger charge is -2.29. The number of hydrogen-bond donors (Lipinski definition) is 1. The van der Waals surface area contributed by atoms with E-state index in [1.807, 2.05) is 49.3 Å². The number of pyridine rings is 1. The molecule has 1 aliphatic rings. The van der Waals surface area contributed by atoms with Gasteiger partial charge in [-0.1, -0.05) is 30.4 Å². The smallest absolute Gasteiger partial charge is 0.118 e. The molecular weight excluding hydrogens is 503 g/mol. The third-order valence-electron chi connectivity index (χ3n) is 7.42. The van der Waals surface area contributed by atoms with Crippen molar-refractivity contribution in [2.24, 2.45) is 7.05 Å². The van der Waals surface area contributed by atoms with Crippen LogP contribution in [0.25, 0.3) is 11.1 Å². The maximum atomic E-state index is 13.1. The van der Waals surface area contributed by atoms with Gasteiger partial charge in [-0.25, -0.2) is 4.39 Å². The zero-order valence-electron chi connectivity index (χ0n) is 23.5. The van der Waals surface area contributed by atoms with Crippen LogP contribution in [0.2, 0.25) is 0 Å². The van der Waals surface area contributed by atoms with Crippen LogP contribution in [0.15, 0.2) is 84.7 Å². The number of halogens is 1. The Kier molecular flexibility index (Phi) is 10.5. The largest absolute Gasteiger partial charge is 0.372 e. The van der Waals surface area contributed by atoms with Crippen molar-refractivity contribution in [1.82, 2.24) is 9.55 Å². The molecule has 1 aromatic carbocycles. The maximum Gasteiger partial charge on any atom is 0.118 e. The molecule has 0 radical (unpaired) electrons. The predicted molar refractivity (Wildman–Crippen MR) is 168 cm³/mol. The van der Waals surface area contributed by atoms with Gasteiger partial charge in [-0.05, 0) is 98.4 Å². The maximum absolute atomic E-state index is 13.1. The van der Waals surface area contributed by atoms with Gasteiger partial charge in [0.1, 0.15) is 12.5 Å². The zero-order valence-corrected chi connectivity index (χ0v) is 24.4. The SMILES string of the molecule is C=C(CC=C/C(=C\C)CF)Cc1c(-c2ccncc2)c(Nc2ccc(N3CCCCC3)cc2)n(C)c1CSC. The summed E-state index contributed by atoms with van der Waals surface area (Å²) in [5.41, 5.74) is 9.04. The first-order valence-corrected chi connectivity index (χ1v) is 15.2. The molecule has 6 heteroatoms. The molecule has 0 amide bonds. The number of alkyl halides is 1. The molecule has 39 heavy (non-hydrogen) atoms. The number of allylic oxidation sites excluding steroid dienone is 5. The monoisotopic (exact) mass is 544 g/mol. The molecule has 1 aliphatic heterocycles. The van der Waals surface area contributed by atoms with E-state index in [2.05, 4.69) is 76.0 Å². The quantitative estimate of drug-likeness (QED) is 0.183. The molecule has 0 atom stereocenters. The van der Waals surface area contributed by atoms with Gasteiger partial charge in [0.25, 0.3) is 0 Å². The second-order valence-corrected chi connectivity index (χ2v) is 11.0. The van der Waals surface area contributed by atoms with Crippen molar-refractivity contribution in [3.8, 4) is 11.1 Å². The number of nitrogens with zero attached hydrogens (tertiary/aromatic N) is 3. The van der Waals surface area contributed by atoms with Gasteiger partial charge in [-0.15, -0.1) is 0 Å². The van der Waals surface area contributed by atoms with E-state index >= 15 is 0 Å². The Bertz CT molecular complexity index is 1290. The summed E-state index contributed by atoms with van der Waals surface area (Å²) in [7, 11) is 2.15. The number of rotatable bonds is 12. The van der Waals surface area contributed by atoms with Crippen LogP contribution in [0.5, 0.6) is 0 Å². The van der Waals surface area contributed by atoms with Crippen molar-refractivity contribution < 1.29 is 4.39 Å². The fraction of sp³-hybridized carbons (Fsp3) is 0.364. The summed E-state index contributed by atoms with van der Waals surface area (Å²) in [5.74, 6) is 1.97. The number of benzene rings is 1. The molecule has 1 saturated heterocycles. The van der Waals surface area contributed by atoms with Gasteiger partial charge in [0.05, 0.1) is 0 Å². The van der Waals surface area contributed by atoms with Crippen molar-refractivity contribution in [1.29, 1.82) is 0 Å². The van der Waals surface area contributed by atoms with Crippen LogP contribution in [-0.4, -0.2) is 35.6 Å². The van der Waals surface area contributed by atoms with Crippen LogP contribution in [-0.2, 0) is 19.2 Å². The van der Waals surface area contributed by atoms with Crippen molar-refractivity contribution >= 4 is 29.0 Å². The number of hydrogen-bond acceptors (Lipinski definition) is 4. The highest BCUT2D eigenvalue weighted by molar-refractivity contribution is 7.97. The van der Waals surface area contributed by atoms with Gasteiger partial charge >= 0.3 is 0 Å². The van der Waals surface area contributed by atoms with Crippen LogP contribution in [0.3, 0.4) is 0 Å². The fourth-order valence-corrected chi connectivity index (χ4v) is 5.88. The minimum Gasteiger partial charge on any atom is -0.372 e. The molecule has 4 nitrogen and oxygen atoms in total. The Labute approximate surface area is 237 Å². The van der Waals surface area contributed by atoms with E-state index < -0.39 is 6.67 Å². The summed E-state index contributed by atoms with van der Waals surface area (Å²) in [6.45, 7) is 8.09. The summed E-state index contributed by atoms with van der Waals surface area (Å²) in [6, 6.07) is 13.0. The number of aromatic nitrogens is 2. The molecule has 0 bridgehead atoms. The third-order valence-corrected chi connectivity index (χ3v) is 7.98. The summed E-state index contributed by atoms with van der Waals surface area (Å²) < 4.78 is 15.4. The first-order valence-electron chi connectivity index (χ1n) is 13.8. The lowest BCUT2D eigenvalue weighted by Crippen LogP contribution is -2.29. The topological polar surface area (TPSA) is 33.1 Å². The van der Waals surface area contributed by atoms with E-state index in [4.69, 9.17) is 0 Å². The third kappa shape index (κ3) is 7.24. The number of thioether (sulfide) groups is 1. The second-order valence-electron chi connectivity index (χ2n) is 10.1. The zero-order chi connectivity index (χ0) is 27.6. The standard InChI is InChI=1S/C33H41FN4S/c1-5-26(23-34)11-9-10-25(2)22-30-31(24-39-4)37(3)33(32(30)27-16-18-35-19-17-27)36-28-12-14-29(15-13-28)38-20-7-6-8-21-38/h5,9,11-19,36H,2,6-8,10,20-24H2,1,3-4H3/b11-9?,26-5+. The normalized spacial score (nSPS) is 14.3. The summed E-state index contributed by atoms with van der Waals surface area (Å²) in [6.07, 6.45) is 16.9. The van der Waals surface area contributed by atoms with Gasteiger partial charge in [0, 0.05) is 60.9 Å². The van der Waals surface area contributed by atoms with E-state index in [1.165, 1.54) is 41.8 Å². The summed E-state index contributed by atoms with van der Waals surface area (Å²) in [4.78, 5) is 6.76. The second kappa shape index (κ2) is 14.2. The molecule has 1 fully saturated rings. The highest BCUT2D eigenvalue weighted by Crippen LogP contribution is 2.40. The van der Waals surface area contributed by atoms with E-state index in [0.717, 1.165) is 47.9 Å². The number of piperidine rings is 1. The molecule has 206 valence electrons. The molecule has 3 heterocycles. The van der Waals surface area contributed by atoms with Gasteiger partial charge in [-0.3, -0.25) is 4.98 Å². The van der Waals surface area contributed by atoms with Crippen LogP contribution < -0.4 is 10.2 Å². The minimum atomic E-state index is -0.448. The molecule has 0 saturated carbocycles. The average Bonchev–Trinajstić information content (AvgIpc) is 3.22. The van der Waals surface area contributed by atoms with Crippen LogP contribution in [0.4, 0.5) is 21.6 Å². The molecule has 4 rings (SSSR count). The van der Waals surface area contributed by atoms with Gasteiger partial charge in [0.2, 0.25) is 0 Å². The molecule has 0 unspecified atom stereocenters. The van der Waals surface area contributed by atoms with Gasteiger partial charge in [-0.2, -0.15) is 11.8 Å². The van der Waals surface area contributed by atoms with E-state index in [0.29, 0.717) is 12.0 Å². The lowest BCUT2D eigenvalue weighted by atomic mass is 9.96. The molecule has 1 N–H and O–H groups in total. The Morgan fingerprint density at radius 1 is 1.10 bits per heavy atom. The van der Waals surface area contributed by atoms with E-state index in [1.54, 1.807) is 0 Å². The van der Waals surface area contributed by atoms with Crippen molar-refractivity contribution in [2.75, 3.05) is 36.2 Å². The van der Waals surface area contributed by atoms with Crippen molar-refractivity contribution in [3.05, 3.63) is 96.0 Å². The van der Waals surface area contributed by atoms with Crippen molar-refractivity contribution in [3.63, 3.8) is 0 Å². The van der Waals surface area contributed by atoms with Gasteiger partial charge in [0.15, 0.2) is 0 Å². The van der Waals surface area contributed by atoms with E-state index in [9.17, 15) is 4.39 Å². The predicted octanol–water partition coefficient (Wildman–Crippen LogP) is 8.64. The molecule has 3 aromatic rings. The van der Waals surface area contributed by atoms with Crippen LogP contribution in [0, 0.1) is 0 Å². The Balaban J connectivity index is 1.67. The fourth-order valence-electron chi connectivity index (χ4n) is 5.24. The van der Waals surface area contributed by atoms with E-state index in [-0.39, 0.29) is 0 Å². The van der Waals surface area contributed by atoms with Crippen molar-refractivity contribution in [2.45, 2.75) is 44.8 Å². The molecule has 0 spiro atoms. The Morgan fingerprint density at radius 3 is 2.46 bits per heavy atom.